The van der Waals surface area contributed by atoms with Crippen LogP contribution in [0.3, 0.4) is 0 Å². The fraction of sp³-hybridized carbons (Fsp3) is 0.419. The number of carbonyl (C=O) groups excluding carboxylic acids is 2. The van der Waals surface area contributed by atoms with E-state index in [1.807, 2.05) is 6.92 Å². The van der Waals surface area contributed by atoms with Gasteiger partial charge in [-0.15, -0.1) is 0 Å². The van der Waals surface area contributed by atoms with Crippen molar-refractivity contribution in [1.82, 2.24) is 5.32 Å². The van der Waals surface area contributed by atoms with E-state index in [1.165, 1.54) is 22.3 Å². The van der Waals surface area contributed by atoms with Crippen LogP contribution in [0.2, 0.25) is 0 Å². The Labute approximate surface area is 294 Å². The summed E-state index contributed by atoms with van der Waals surface area (Å²) in [5, 5.41) is 12.8. The summed E-state index contributed by atoms with van der Waals surface area (Å²) in [7, 11) is 0. The zero-order chi connectivity index (χ0) is 36.0. The van der Waals surface area contributed by atoms with Gasteiger partial charge in [-0.1, -0.05) is 107 Å². The third-order valence-electron chi connectivity index (χ3n) is 8.32. The molecule has 0 bridgehead atoms. The maximum atomic E-state index is 12.9. The van der Waals surface area contributed by atoms with E-state index in [4.69, 9.17) is 4.74 Å². The second-order valence-corrected chi connectivity index (χ2v) is 13.2. The molecule has 1 unspecified atom stereocenters. The topological polar surface area (TPSA) is 92.7 Å². The number of allylic oxidation sites excluding steroid dienone is 10. The van der Waals surface area contributed by atoms with Gasteiger partial charge in [0.15, 0.2) is 0 Å². The van der Waals surface area contributed by atoms with Crippen LogP contribution in [0.25, 0.3) is 0 Å². The molecule has 0 aliphatic carbocycles. The average Bonchev–Trinajstić information content (AvgIpc) is 3.07. The maximum Gasteiger partial charge on any atom is 0.347 e. The third kappa shape index (κ3) is 17.5. The second-order valence-electron chi connectivity index (χ2n) is 13.2. The first-order valence-corrected chi connectivity index (χ1v) is 17.5. The molecule has 2 N–H and O–H groups in total. The molecule has 0 aliphatic heterocycles. The van der Waals surface area contributed by atoms with Crippen molar-refractivity contribution in [3.63, 3.8) is 0 Å². The number of esters is 1. The number of hydrogen-bond donors (Lipinski definition) is 2. The van der Waals surface area contributed by atoms with Gasteiger partial charge in [0.05, 0.1) is 0 Å². The minimum atomic E-state index is -1.58. The van der Waals surface area contributed by atoms with Gasteiger partial charge in [-0.05, 0) is 117 Å². The molecule has 49 heavy (non-hydrogen) atoms. The van der Waals surface area contributed by atoms with E-state index in [1.54, 1.807) is 60.7 Å². The standard InChI is InChI=1S/C43H57NO5/c1-32(2)18-15-21-35(5)24-16-22-33(3)19-13-14-20-34(4)23-17-25-36(6)30-31-39(45)49-41(43(47)48)40(37-26-9-7-10-27-37)44-42(46)38-28-11-8-12-29-38/h7-12,18-20,24-29,40-41H,13-17,21-23,30-31H2,1-6H3,(H,44,46)(H,47,48)/b33-19-,34-20+,35-24+,36-25+/t40-,41?/m0/s1. The molecular weight excluding hydrogens is 610 g/mol. The molecule has 2 aromatic rings. The van der Waals surface area contributed by atoms with Crippen molar-refractivity contribution in [2.75, 3.05) is 0 Å². The van der Waals surface area contributed by atoms with Crippen molar-refractivity contribution in [1.29, 1.82) is 0 Å². The van der Waals surface area contributed by atoms with Crippen LogP contribution in [0.4, 0.5) is 0 Å². The molecule has 2 rings (SSSR count). The van der Waals surface area contributed by atoms with Crippen molar-refractivity contribution >= 4 is 17.8 Å². The number of carbonyl (C=O) groups is 3. The zero-order valence-corrected chi connectivity index (χ0v) is 30.5. The lowest BCUT2D eigenvalue weighted by Gasteiger charge is -2.25. The van der Waals surface area contributed by atoms with Gasteiger partial charge in [0.1, 0.15) is 6.04 Å². The molecule has 0 saturated carbocycles. The normalized spacial score (nSPS) is 13.8. The Balaban J connectivity index is 1.81. The lowest BCUT2D eigenvalue weighted by atomic mass is 10.00. The highest BCUT2D eigenvalue weighted by atomic mass is 16.6. The Bertz CT molecular complexity index is 1480. The number of nitrogens with one attached hydrogen (secondary N) is 1. The lowest BCUT2D eigenvalue weighted by molar-refractivity contribution is -0.166. The molecule has 6 nitrogen and oxygen atoms in total. The first-order chi connectivity index (χ1) is 23.5. The van der Waals surface area contributed by atoms with Crippen LogP contribution in [-0.4, -0.2) is 29.1 Å². The fourth-order valence-electron chi connectivity index (χ4n) is 5.32. The minimum Gasteiger partial charge on any atom is -0.478 e. The predicted molar refractivity (Wildman–Crippen MR) is 201 cm³/mol. The van der Waals surface area contributed by atoms with Gasteiger partial charge in [0.2, 0.25) is 6.10 Å². The van der Waals surface area contributed by atoms with Gasteiger partial charge in [-0.25, -0.2) is 4.79 Å². The van der Waals surface area contributed by atoms with Gasteiger partial charge in [-0.2, -0.15) is 0 Å². The van der Waals surface area contributed by atoms with Gasteiger partial charge in [0.25, 0.3) is 5.91 Å². The molecule has 0 aliphatic rings. The van der Waals surface area contributed by atoms with Crippen LogP contribution in [-0.2, 0) is 14.3 Å². The largest absolute Gasteiger partial charge is 0.478 e. The summed E-state index contributed by atoms with van der Waals surface area (Å²) in [5.41, 5.74) is 7.60. The molecule has 6 heteroatoms. The molecule has 1 amide bonds. The molecule has 2 atom stereocenters. The van der Waals surface area contributed by atoms with E-state index in [0.717, 1.165) is 56.9 Å². The number of ether oxygens (including phenoxy) is 1. The number of hydrogen-bond acceptors (Lipinski definition) is 4. The first kappa shape index (κ1) is 40.7. The number of amides is 1. The summed E-state index contributed by atoms with van der Waals surface area (Å²) in [5.74, 6) is -2.41. The monoisotopic (exact) mass is 667 g/mol. The zero-order valence-electron chi connectivity index (χ0n) is 30.5. The van der Waals surface area contributed by atoms with Crippen molar-refractivity contribution in [3.8, 4) is 0 Å². The summed E-state index contributed by atoms with van der Waals surface area (Å²) in [4.78, 5) is 38.1. The number of rotatable bonds is 21. The van der Waals surface area contributed by atoms with E-state index >= 15 is 0 Å². The molecule has 0 radical (unpaired) electrons. The molecule has 264 valence electrons. The van der Waals surface area contributed by atoms with E-state index in [9.17, 15) is 19.5 Å². The Kier molecular flexibility index (Phi) is 19.1. The highest BCUT2D eigenvalue weighted by Gasteiger charge is 2.34. The van der Waals surface area contributed by atoms with Crippen LogP contribution in [0.5, 0.6) is 0 Å². The van der Waals surface area contributed by atoms with E-state index in [-0.39, 0.29) is 6.42 Å². The van der Waals surface area contributed by atoms with E-state index in [0.29, 0.717) is 17.5 Å². The summed E-state index contributed by atoms with van der Waals surface area (Å²) in [6.07, 6.45) is 18.8. The van der Waals surface area contributed by atoms with E-state index < -0.39 is 30.0 Å². The lowest BCUT2D eigenvalue weighted by Crippen LogP contribution is -2.43. The van der Waals surface area contributed by atoms with Crippen LogP contribution < -0.4 is 5.32 Å². The van der Waals surface area contributed by atoms with Crippen molar-refractivity contribution in [3.05, 3.63) is 130 Å². The van der Waals surface area contributed by atoms with Gasteiger partial charge < -0.3 is 15.2 Å². The summed E-state index contributed by atoms with van der Waals surface area (Å²) in [6, 6.07) is 16.2. The third-order valence-corrected chi connectivity index (χ3v) is 8.32. The molecule has 0 spiro atoms. The quantitative estimate of drug-likeness (QED) is 0.0785. The van der Waals surface area contributed by atoms with Crippen molar-refractivity contribution in [2.24, 2.45) is 0 Å². The van der Waals surface area contributed by atoms with Crippen LogP contribution in [0.15, 0.2) is 119 Å². The molecule has 0 aromatic heterocycles. The number of benzene rings is 2. The molecule has 0 fully saturated rings. The van der Waals surface area contributed by atoms with Crippen molar-refractivity contribution < 1.29 is 24.2 Å². The summed E-state index contributed by atoms with van der Waals surface area (Å²) < 4.78 is 5.48. The highest BCUT2D eigenvalue weighted by molar-refractivity contribution is 5.95. The number of carboxylic acid groups (broad SMARTS) is 1. The van der Waals surface area contributed by atoms with Gasteiger partial charge in [-0.3, -0.25) is 9.59 Å². The fourth-order valence-corrected chi connectivity index (χ4v) is 5.32. The van der Waals surface area contributed by atoms with Crippen LogP contribution >= 0.6 is 0 Å². The number of aliphatic carboxylic acids is 1. The molecular formula is C43H57NO5. The molecule has 0 saturated heterocycles. The Morgan fingerprint density at radius 3 is 1.55 bits per heavy atom. The molecule has 0 heterocycles. The number of unbranched alkanes of at least 4 members (excludes halogenated alkanes) is 1. The van der Waals surface area contributed by atoms with Gasteiger partial charge >= 0.3 is 11.9 Å². The highest BCUT2D eigenvalue weighted by Crippen LogP contribution is 2.22. The Morgan fingerprint density at radius 2 is 1.06 bits per heavy atom. The average molecular weight is 668 g/mol. The van der Waals surface area contributed by atoms with Gasteiger partial charge in [0, 0.05) is 12.0 Å². The Hall–Kier alpha value is -4.45. The summed E-state index contributed by atoms with van der Waals surface area (Å²) >= 11 is 0. The first-order valence-electron chi connectivity index (χ1n) is 17.5. The Morgan fingerprint density at radius 1 is 0.612 bits per heavy atom. The maximum absolute atomic E-state index is 12.9. The smallest absolute Gasteiger partial charge is 0.347 e. The molecule has 2 aromatic carbocycles. The van der Waals surface area contributed by atoms with Crippen LogP contribution in [0, 0.1) is 0 Å². The minimum absolute atomic E-state index is 0.0476. The predicted octanol–water partition coefficient (Wildman–Crippen LogP) is 10.8. The van der Waals surface area contributed by atoms with E-state index in [2.05, 4.69) is 70.3 Å². The second kappa shape index (κ2) is 23.0. The van der Waals surface area contributed by atoms with Crippen molar-refractivity contribution in [2.45, 2.75) is 118 Å². The summed E-state index contributed by atoms with van der Waals surface area (Å²) in [6.45, 7) is 12.9. The number of carboxylic acids is 1. The SMILES string of the molecule is CC(C)=CCC/C(C)=C/CC/C(C)=C\CC/C=C(\C)CC/C=C(\C)CCC(=O)OC(C(=O)O)[C@@H](NC(=O)c1ccccc1)c1ccccc1. The van der Waals surface area contributed by atoms with Crippen LogP contribution in [0.1, 0.15) is 128 Å².